The Morgan fingerprint density at radius 2 is 1.25 bits per heavy atom. The number of benzene rings is 3. The summed E-state index contributed by atoms with van der Waals surface area (Å²) < 4.78 is 11.8. The van der Waals surface area contributed by atoms with E-state index in [9.17, 15) is 4.79 Å². The highest BCUT2D eigenvalue weighted by molar-refractivity contribution is 6.05. The maximum Gasteiger partial charge on any atom is 0.336 e. The molecule has 0 saturated heterocycles. The number of aryl methyl sites for hydroxylation is 2. The maximum atomic E-state index is 12.3. The van der Waals surface area contributed by atoms with Crippen LogP contribution < -0.4 is 5.63 Å². The van der Waals surface area contributed by atoms with Gasteiger partial charge in [0.2, 0.25) is 0 Å². The van der Waals surface area contributed by atoms with Gasteiger partial charge in [0.1, 0.15) is 16.9 Å². The first-order valence-corrected chi connectivity index (χ1v) is 9.25. The van der Waals surface area contributed by atoms with E-state index >= 15 is 0 Å². The number of rotatable bonds is 2. The second-order valence-electron chi connectivity index (χ2n) is 7.02. The number of fused-ring (bicyclic) bond motifs is 2. The molecule has 0 fully saturated rings. The third-order valence-corrected chi connectivity index (χ3v) is 5.28. The van der Waals surface area contributed by atoms with Gasteiger partial charge in [-0.25, -0.2) is 4.79 Å². The molecule has 0 N–H and O–H groups in total. The van der Waals surface area contributed by atoms with Gasteiger partial charge in [0.15, 0.2) is 0 Å². The Bertz CT molecular complexity index is 1370. The first-order valence-electron chi connectivity index (χ1n) is 9.25. The van der Waals surface area contributed by atoms with Crippen molar-refractivity contribution in [2.24, 2.45) is 0 Å². The van der Waals surface area contributed by atoms with Crippen molar-refractivity contribution < 1.29 is 8.83 Å². The van der Waals surface area contributed by atoms with Gasteiger partial charge in [0.05, 0.1) is 0 Å². The number of hydrogen-bond donors (Lipinski definition) is 0. The van der Waals surface area contributed by atoms with E-state index in [1.54, 1.807) is 6.07 Å². The molecule has 0 unspecified atom stereocenters. The van der Waals surface area contributed by atoms with Crippen LogP contribution in [0.3, 0.4) is 0 Å². The van der Waals surface area contributed by atoms with E-state index in [-0.39, 0.29) is 5.63 Å². The fourth-order valence-corrected chi connectivity index (χ4v) is 3.87. The van der Waals surface area contributed by atoms with Gasteiger partial charge in [-0.1, -0.05) is 60.7 Å². The number of hydrogen-bond acceptors (Lipinski definition) is 3. The molecule has 136 valence electrons. The van der Waals surface area contributed by atoms with E-state index in [2.05, 4.69) is 13.0 Å². The zero-order chi connectivity index (χ0) is 19.3. The largest absolute Gasteiger partial charge is 0.455 e. The Morgan fingerprint density at radius 1 is 0.643 bits per heavy atom. The van der Waals surface area contributed by atoms with Gasteiger partial charge in [0.25, 0.3) is 0 Å². The van der Waals surface area contributed by atoms with E-state index in [0.717, 1.165) is 49.9 Å². The van der Waals surface area contributed by atoms with Crippen LogP contribution in [0.4, 0.5) is 0 Å². The average molecular weight is 366 g/mol. The lowest BCUT2D eigenvalue weighted by atomic mass is 9.97. The normalized spacial score (nSPS) is 11.4. The molecular formula is C25H18O3. The molecule has 0 atom stereocenters. The van der Waals surface area contributed by atoms with Crippen LogP contribution in [-0.2, 0) is 0 Å². The molecule has 3 nitrogen and oxygen atoms in total. The van der Waals surface area contributed by atoms with Crippen LogP contribution in [0.1, 0.15) is 11.1 Å². The Balaban J connectivity index is 1.89. The summed E-state index contributed by atoms with van der Waals surface area (Å²) in [5.41, 5.74) is 5.79. The van der Waals surface area contributed by atoms with Crippen LogP contribution in [-0.4, -0.2) is 0 Å². The molecule has 0 aliphatic rings. The zero-order valence-electron chi connectivity index (χ0n) is 15.7. The SMILES string of the molecule is Cc1c(-c2ccccc2)oc2c(C)c3oc(=O)cc(-c4ccccc4)c3cc12. The minimum atomic E-state index is -0.361. The summed E-state index contributed by atoms with van der Waals surface area (Å²) in [6, 6.07) is 23.6. The van der Waals surface area contributed by atoms with Crippen LogP contribution in [0.5, 0.6) is 0 Å². The standard InChI is InChI=1S/C25H18O3/c1-15-19-13-21-20(17-9-5-3-6-10-17)14-22(26)27-25(21)16(2)24(19)28-23(15)18-11-7-4-8-12-18/h3-14H,1-2H3. The monoisotopic (exact) mass is 366 g/mol. The molecule has 28 heavy (non-hydrogen) atoms. The third kappa shape index (κ3) is 2.48. The van der Waals surface area contributed by atoms with Crippen LogP contribution in [0.25, 0.3) is 44.4 Å². The molecule has 5 aromatic rings. The smallest absolute Gasteiger partial charge is 0.336 e. The van der Waals surface area contributed by atoms with E-state index in [1.807, 2.05) is 67.6 Å². The summed E-state index contributed by atoms with van der Waals surface area (Å²) in [5, 5.41) is 1.95. The average Bonchev–Trinajstić information content (AvgIpc) is 3.06. The van der Waals surface area contributed by atoms with Gasteiger partial charge in [-0.3, -0.25) is 0 Å². The van der Waals surface area contributed by atoms with Crippen molar-refractivity contribution >= 4 is 21.9 Å². The lowest BCUT2D eigenvalue weighted by Gasteiger charge is -2.08. The van der Waals surface area contributed by atoms with Gasteiger partial charge in [-0.05, 0) is 31.0 Å². The minimum absolute atomic E-state index is 0.361. The summed E-state index contributed by atoms with van der Waals surface area (Å²) in [4.78, 5) is 12.3. The number of furan rings is 1. The van der Waals surface area contributed by atoms with Crippen molar-refractivity contribution in [2.75, 3.05) is 0 Å². The fraction of sp³-hybridized carbons (Fsp3) is 0.0800. The van der Waals surface area contributed by atoms with Gasteiger partial charge in [-0.15, -0.1) is 0 Å². The highest BCUT2D eigenvalue weighted by Crippen LogP contribution is 2.39. The fourth-order valence-electron chi connectivity index (χ4n) is 3.87. The minimum Gasteiger partial charge on any atom is -0.455 e. The first kappa shape index (κ1) is 16.6. The van der Waals surface area contributed by atoms with E-state index in [1.165, 1.54) is 0 Å². The highest BCUT2D eigenvalue weighted by Gasteiger charge is 2.19. The van der Waals surface area contributed by atoms with Crippen molar-refractivity contribution in [1.29, 1.82) is 0 Å². The van der Waals surface area contributed by atoms with E-state index < -0.39 is 0 Å². The Hall–Kier alpha value is -3.59. The van der Waals surface area contributed by atoms with Crippen LogP contribution in [0.15, 0.2) is 86.4 Å². The Morgan fingerprint density at radius 3 is 1.93 bits per heavy atom. The first-order chi connectivity index (χ1) is 13.6. The molecule has 0 saturated carbocycles. The zero-order valence-corrected chi connectivity index (χ0v) is 15.7. The van der Waals surface area contributed by atoms with Crippen molar-refractivity contribution in [1.82, 2.24) is 0 Å². The summed E-state index contributed by atoms with van der Waals surface area (Å²) >= 11 is 0. The molecule has 0 aliphatic carbocycles. The van der Waals surface area contributed by atoms with Crippen molar-refractivity contribution in [3.05, 3.63) is 94.3 Å². The Labute approximate surface area is 161 Å². The van der Waals surface area contributed by atoms with Gasteiger partial charge in [-0.2, -0.15) is 0 Å². The molecule has 0 amide bonds. The second-order valence-corrected chi connectivity index (χ2v) is 7.02. The second kappa shape index (κ2) is 6.24. The predicted octanol–water partition coefficient (Wildman–Crippen LogP) is 6.49. The molecule has 3 heteroatoms. The Kier molecular flexibility index (Phi) is 3.69. The van der Waals surface area contributed by atoms with Gasteiger partial charge in [0, 0.05) is 33.5 Å². The molecule has 2 aromatic heterocycles. The van der Waals surface area contributed by atoms with Crippen LogP contribution in [0, 0.1) is 13.8 Å². The molecule has 0 radical (unpaired) electrons. The highest BCUT2D eigenvalue weighted by atomic mass is 16.4. The maximum absolute atomic E-state index is 12.3. The third-order valence-electron chi connectivity index (χ3n) is 5.28. The van der Waals surface area contributed by atoms with E-state index in [4.69, 9.17) is 8.83 Å². The molecule has 0 bridgehead atoms. The molecule has 2 heterocycles. The summed E-state index contributed by atoms with van der Waals surface area (Å²) in [7, 11) is 0. The molecule has 0 spiro atoms. The molecule has 5 rings (SSSR count). The molecular weight excluding hydrogens is 348 g/mol. The summed E-state index contributed by atoms with van der Waals surface area (Å²) in [6.45, 7) is 4.01. The predicted molar refractivity (Wildman–Crippen MR) is 113 cm³/mol. The lowest BCUT2D eigenvalue weighted by Crippen LogP contribution is -1.99. The van der Waals surface area contributed by atoms with Crippen LogP contribution in [0.2, 0.25) is 0 Å². The topological polar surface area (TPSA) is 43.4 Å². The quantitative estimate of drug-likeness (QED) is 0.335. The van der Waals surface area contributed by atoms with Crippen molar-refractivity contribution in [2.45, 2.75) is 13.8 Å². The summed E-state index contributed by atoms with van der Waals surface area (Å²) in [5.74, 6) is 0.845. The van der Waals surface area contributed by atoms with Gasteiger partial charge < -0.3 is 8.83 Å². The molecule has 3 aromatic carbocycles. The lowest BCUT2D eigenvalue weighted by molar-refractivity contribution is 0.557. The van der Waals surface area contributed by atoms with Gasteiger partial charge >= 0.3 is 5.63 Å². The molecule has 0 aliphatic heterocycles. The van der Waals surface area contributed by atoms with Crippen LogP contribution >= 0.6 is 0 Å². The van der Waals surface area contributed by atoms with E-state index in [0.29, 0.717) is 5.58 Å². The van der Waals surface area contributed by atoms with Crippen molar-refractivity contribution in [3.8, 4) is 22.5 Å². The summed E-state index contributed by atoms with van der Waals surface area (Å²) in [6.07, 6.45) is 0. The van der Waals surface area contributed by atoms with Crippen molar-refractivity contribution in [3.63, 3.8) is 0 Å².